The molecule has 1 aromatic rings. The van der Waals surface area contributed by atoms with Crippen molar-refractivity contribution in [2.24, 2.45) is 0 Å². The molecule has 0 radical (unpaired) electrons. The minimum atomic E-state index is -1.56. The van der Waals surface area contributed by atoms with Gasteiger partial charge in [0.05, 0.1) is 26.9 Å². The first-order chi connectivity index (χ1) is 8.04. The molecule has 1 aromatic carbocycles. The number of Topliss-reactive ketones (excluding diaryl/α,β-unsaturated/α-hetero) is 1. The molecule has 0 unspecified atom stereocenters. The number of carbonyl (C=O) groups is 2. The topological polar surface area (TPSA) is 82.1 Å². The van der Waals surface area contributed by atoms with Crippen molar-refractivity contribution in [1.29, 1.82) is 0 Å². The molecule has 6 nitrogen and oxygen atoms in total. The fourth-order valence-corrected chi connectivity index (χ4v) is 1.32. The lowest BCUT2D eigenvalue weighted by Crippen LogP contribution is -2.14. The largest absolute Gasteiger partial charge is 0.496 e. The maximum absolute atomic E-state index is 11.4. The molecule has 0 amide bonds. The fourth-order valence-electron chi connectivity index (χ4n) is 1.32. The summed E-state index contributed by atoms with van der Waals surface area (Å²) in [6, 6.07) is 2.67. The van der Waals surface area contributed by atoms with Crippen LogP contribution in [0.1, 0.15) is 10.4 Å². The number of methoxy groups -OCH3 is 3. The quantitative estimate of drug-likeness (QED) is 0.610. The van der Waals surface area contributed by atoms with Gasteiger partial charge in [-0.2, -0.15) is 0 Å². The van der Waals surface area contributed by atoms with Crippen molar-refractivity contribution in [3.63, 3.8) is 0 Å². The monoisotopic (exact) mass is 240 g/mol. The second kappa shape index (κ2) is 5.20. The van der Waals surface area contributed by atoms with Crippen molar-refractivity contribution in [1.82, 2.24) is 0 Å². The molecule has 92 valence electrons. The van der Waals surface area contributed by atoms with Gasteiger partial charge in [0.1, 0.15) is 5.75 Å². The average molecular weight is 240 g/mol. The highest BCUT2D eigenvalue weighted by atomic mass is 16.5. The number of carboxylic acid groups (broad SMARTS) is 1. The van der Waals surface area contributed by atoms with E-state index in [1.165, 1.54) is 33.5 Å². The standard InChI is InChI=1S/C11H12O6/c1-15-7-5-9(17-3)8(16-2)4-6(7)10(12)11(13)14/h4-5H,1-3H3,(H,13,14). The van der Waals surface area contributed by atoms with Crippen LogP contribution in [-0.4, -0.2) is 38.2 Å². The number of carbonyl (C=O) groups excluding carboxylic acids is 1. The summed E-state index contributed by atoms with van der Waals surface area (Å²) in [5, 5.41) is 8.67. The molecule has 0 fully saturated rings. The third-order valence-electron chi connectivity index (χ3n) is 2.14. The Balaban J connectivity index is 3.38. The molecule has 0 saturated heterocycles. The Kier molecular flexibility index (Phi) is 3.92. The van der Waals surface area contributed by atoms with Gasteiger partial charge in [-0.05, 0) is 6.07 Å². The summed E-state index contributed by atoms with van der Waals surface area (Å²) >= 11 is 0. The molecule has 0 atom stereocenters. The summed E-state index contributed by atoms with van der Waals surface area (Å²) in [6.07, 6.45) is 0. The Bertz CT molecular complexity index is 452. The number of ketones is 1. The molecule has 17 heavy (non-hydrogen) atoms. The molecule has 0 aliphatic rings. The molecular formula is C11H12O6. The third-order valence-corrected chi connectivity index (χ3v) is 2.14. The van der Waals surface area contributed by atoms with Gasteiger partial charge >= 0.3 is 5.97 Å². The van der Waals surface area contributed by atoms with Gasteiger partial charge in [-0.3, -0.25) is 4.79 Å². The molecule has 0 aromatic heterocycles. The molecule has 0 aliphatic carbocycles. The van der Waals surface area contributed by atoms with E-state index < -0.39 is 11.8 Å². The number of hydrogen-bond donors (Lipinski definition) is 1. The molecule has 1 N–H and O–H groups in total. The molecule has 0 saturated carbocycles. The number of ether oxygens (including phenoxy) is 3. The van der Waals surface area contributed by atoms with Crippen molar-refractivity contribution < 1.29 is 28.9 Å². The van der Waals surface area contributed by atoms with Crippen LogP contribution in [0, 0.1) is 0 Å². The van der Waals surface area contributed by atoms with Crippen LogP contribution in [-0.2, 0) is 4.79 Å². The highest BCUT2D eigenvalue weighted by Gasteiger charge is 2.22. The average Bonchev–Trinajstić information content (AvgIpc) is 2.35. The molecular weight excluding hydrogens is 228 g/mol. The van der Waals surface area contributed by atoms with Crippen LogP contribution in [0.2, 0.25) is 0 Å². The number of aliphatic carboxylic acids is 1. The lowest BCUT2D eigenvalue weighted by molar-refractivity contribution is -0.131. The summed E-state index contributed by atoms with van der Waals surface area (Å²) in [6.45, 7) is 0. The van der Waals surface area contributed by atoms with Crippen LogP contribution in [0.25, 0.3) is 0 Å². The van der Waals surface area contributed by atoms with Crippen LogP contribution in [0.15, 0.2) is 12.1 Å². The lowest BCUT2D eigenvalue weighted by Gasteiger charge is -2.12. The first-order valence-electron chi connectivity index (χ1n) is 4.62. The van der Waals surface area contributed by atoms with Crippen molar-refractivity contribution in [3.8, 4) is 17.2 Å². The summed E-state index contributed by atoms with van der Waals surface area (Å²) in [5.41, 5.74) is -0.0855. The van der Waals surface area contributed by atoms with Gasteiger partial charge in [-0.1, -0.05) is 0 Å². The van der Waals surface area contributed by atoms with Crippen molar-refractivity contribution in [2.75, 3.05) is 21.3 Å². The zero-order valence-electron chi connectivity index (χ0n) is 9.64. The van der Waals surface area contributed by atoms with E-state index in [0.29, 0.717) is 5.75 Å². The van der Waals surface area contributed by atoms with Gasteiger partial charge in [-0.15, -0.1) is 0 Å². The Morgan fingerprint density at radius 2 is 1.41 bits per heavy atom. The van der Waals surface area contributed by atoms with E-state index in [2.05, 4.69) is 0 Å². The molecule has 0 spiro atoms. The summed E-state index contributed by atoms with van der Waals surface area (Å²) in [4.78, 5) is 22.1. The van der Waals surface area contributed by atoms with E-state index in [9.17, 15) is 9.59 Å². The molecule has 6 heteroatoms. The van der Waals surface area contributed by atoms with E-state index in [1.807, 2.05) is 0 Å². The molecule has 1 rings (SSSR count). The van der Waals surface area contributed by atoms with Crippen LogP contribution in [0.3, 0.4) is 0 Å². The predicted octanol–water partition coefficient (Wildman–Crippen LogP) is 0.980. The zero-order valence-corrected chi connectivity index (χ0v) is 9.64. The molecule has 0 bridgehead atoms. The third kappa shape index (κ3) is 2.47. The summed E-state index contributed by atoms with van der Waals surface area (Å²) in [5.74, 6) is -1.89. The first-order valence-corrected chi connectivity index (χ1v) is 4.62. The van der Waals surface area contributed by atoms with Gasteiger partial charge in [0.15, 0.2) is 11.5 Å². The number of carboxylic acids is 1. The number of benzene rings is 1. The van der Waals surface area contributed by atoms with Crippen LogP contribution in [0.4, 0.5) is 0 Å². The van der Waals surface area contributed by atoms with Crippen LogP contribution in [0.5, 0.6) is 17.2 Å². The molecule has 0 aliphatic heterocycles. The SMILES string of the molecule is COc1cc(OC)c(C(=O)C(=O)O)cc1OC. The highest BCUT2D eigenvalue weighted by molar-refractivity contribution is 6.40. The van der Waals surface area contributed by atoms with E-state index in [0.717, 1.165) is 0 Å². The van der Waals surface area contributed by atoms with Crippen molar-refractivity contribution in [3.05, 3.63) is 17.7 Å². The minimum Gasteiger partial charge on any atom is -0.496 e. The van der Waals surface area contributed by atoms with Crippen LogP contribution < -0.4 is 14.2 Å². The van der Waals surface area contributed by atoms with E-state index in [4.69, 9.17) is 19.3 Å². The van der Waals surface area contributed by atoms with Crippen LogP contribution >= 0.6 is 0 Å². The maximum Gasteiger partial charge on any atom is 0.377 e. The number of rotatable bonds is 5. The minimum absolute atomic E-state index is 0.0855. The predicted molar refractivity (Wildman–Crippen MR) is 58.1 cm³/mol. The highest BCUT2D eigenvalue weighted by Crippen LogP contribution is 2.34. The summed E-state index contributed by atoms with van der Waals surface area (Å²) in [7, 11) is 4.15. The second-order valence-corrected chi connectivity index (χ2v) is 3.04. The van der Waals surface area contributed by atoms with E-state index in [1.54, 1.807) is 0 Å². The van der Waals surface area contributed by atoms with Gasteiger partial charge in [-0.25, -0.2) is 4.79 Å². The van der Waals surface area contributed by atoms with Gasteiger partial charge in [0.2, 0.25) is 0 Å². The van der Waals surface area contributed by atoms with Gasteiger partial charge in [0.25, 0.3) is 5.78 Å². The second-order valence-electron chi connectivity index (χ2n) is 3.04. The Morgan fingerprint density at radius 1 is 0.941 bits per heavy atom. The smallest absolute Gasteiger partial charge is 0.377 e. The van der Waals surface area contributed by atoms with Crippen molar-refractivity contribution in [2.45, 2.75) is 0 Å². The van der Waals surface area contributed by atoms with Gasteiger partial charge in [0, 0.05) is 6.07 Å². The maximum atomic E-state index is 11.4. The lowest BCUT2D eigenvalue weighted by atomic mass is 10.1. The fraction of sp³-hybridized carbons (Fsp3) is 0.273. The van der Waals surface area contributed by atoms with Crippen molar-refractivity contribution >= 4 is 11.8 Å². The molecule has 0 heterocycles. The van der Waals surface area contributed by atoms with E-state index in [-0.39, 0.29) is 17.1 Å². The normalized spacial score (nSPS) is 9.59. The first kappa shape index (κ1) is 12.8. The number of hydrogen-bond acceptors (Lipinski definition) is 5. The zero-order chi connectivity index (χ0) is 13.0. The van der Waals surface area contributed by atoms with E-state index >= 15 is 0 Å². The Labute approximate surface area is 97.7 Å². The summed E-state index contributed by atoms with van der Waals surface area (Å²) < 4.78 is 14.9. The van der Waals surface area contributed by atoms with Gasteiger partial charge < -0.3 is 19.3 Å². The Hall–Kier alpha value is -2.24. The Morgan fingerprint density at radius 3 is 1.82 bits per heavy atom.